The van der Waals surface area contributed by atoms with Crippen LogP contribution in [-0.4, -0.2) is 34.3 Å². The second-order valence-corrected chi connectivity index (χ2v) is 8.75. The van der Waals surface area contributed by atoms with E-state index in [2.05, 4.69) is 25.6 Å². The lowest BCUT2D eigenvalue weighted by Crippen LogP contribution is -2.29. The third-order valence-corrected chi connectivity index (χ3v) is 6.51. The van der Waals surface area contributed by atoms with Gasteiger partial charge in [0.1, 0.15) is 0 Å². The van der Waals surface area contributed by atoms with Gasteiger partial charge in [-0.15, -0.1) is 0 Å². The molecule has 0 radical (unpaired) electrons. The average Bonchev–Trinajstić information content (AvgIpc) is 2.93. The quantitative estimate of drug-likeness (QED) is 0.249. The molecular formula is C21H39NO2S. The normalized spacial score (nSPS) is 16.0. The van der Waals surface area contributed by atoms with E-state index in [-0.39, 0.29) is 11.8 Å². The van der Waals surface area contributed by atoms with Crippen LogP contribution in [0.15, 0.2) is 0 Å². The van der Waals surface area contributed by atoms with Crippen molar-refractivity contribution < 1.29 is 9.59 Å². The van der Waals surface area contributed by atoms with E-state index in [0.29, 0.717) is 19.4 Å². The van der Waals surface area contributed by atoms with Crippen LogP contribution in [0.1, 0.15) is 104 Å². The Morgan fingerprint density at radius 1 is 0.800 bits per heavy atom. The van der Waals surface area contributed by atoms with Gasteiger partial charge < -0.3 is 0 Å². The first-order valence-corrected chi connectivity index (χ1v) is 11.7. The molecule has 0 aromatic heterocycles. The van der Waals surface area contributed by atoms with Crippen molar-refractivity contribution in [2.45, 2.75) is 109 Å². The number of thioether (sulfide) groups is 1. The van der Waals surface area contributed by atoms with Gasteiger partial charge in [-0.05, 0) is 31.4 Å². The molecular weight excluding hydrogens is 330 g/mol. The molecule has 1 fully saturated rings. The number of unbranched alkanes of at least 4 members (excludes halogenated alkanes) is 7. The zero-order chi connectivity index (χ0) is 18.3. The summed E-state index contributed by atoms with van der Waals surface area (Å²) in [4.78, 5) is 24.6. The molecule has 1 atom stereocenters. The first-order chi connectivity index (χ1) is 12.2. The first kappa shape index (κ1) is 22.5. The van der Waals surface area contributed by atoms with E-state index in [1.807, 2.05) is 0 Å². The molecule has 0 aromatic rings. The van der Waals surface area contributed by atoms with E-state index in [9.17, 15) is 9.59 Å². The number of imide groups is 1. The number of carbonyl (C=O) groups is 2. The van der Waals surface area contributed by atoms with Crippen molar-refractivity contribution in [3.8, 4) is 0 Å². The van der Waals surface area contributed by atoms with Crippen molar-refractivity contribution >= 4 is 23.6 Å². The van der Waals surface area contributed by atoms with Gasteiger partial charge >= 0.3 is 0 Å². The predicted octanol–water partition coefficient (Wildman–Crippen LogP) is 5.96. The fourth-order valence-corrected chi connectivity index (χ4v) is 4.76. The lowest BCUT2D eigenvalue weighted by atomic mass is 10.1. The van der Waals surface area contributed by atoms with E-state index in [1.165, 1.54) is 74.9 Å². The third-order valence-electron chi connectivity index (χ3n) is 5.04. The molecule has 0 aromatic carbocycles. The maximum Gasteiger partial charge on any atom is 0.229 e. The van der Waals surface area contributed by atoms with E-state index in [0.717, 1.165) is 18.1 Å². The highest BCUT2D eigenvalue weighted by atomic mass is 32.2. The number of carbonyl (C=O) groups excluding carboxylic acids is 2. The molecule has 0 N–H and O–H groups in total. The summed E-state index contributed by atoms with van der Waals surface area (Å²) in [6.07, 6.45) is 16.4. The van der Waals surface area contributed by atoms with Gasteiger partial charge in [0.05, 0.1) is 0 Å². The van der Waals surface area contributed by atoms with Gasteiger partial charge in [-0.2, -0.15) is 11.8 Å². The number of hydrogen-bond acceptors (Lipinski definition) is 3. The van der Waals surface area contributed by atoms with Crippen molar-refractivity contribution in [3.63, 3.8) is 0 Å². The number of amides is 2. The van der Waals surface area contributed by atoms with E-state index in [1.54, 1.807) is 0 Å². The van der Waals surface area contributed by atoms with E-state index in [4.69, 9.17) is 0 Å². The minimum atomic E-state index is 0.0297. The van der Waals surface area contributed by atoms with Crippen molar-refractivity contribution in [1.82, 2.24) is 4.90 Å². The van der Waals surface area contributed by atoms with E-state index < -0.39 is 0 Å². The SMILES string of the molecule is CCCCCCCC(CCCC)SCCCCCN1C(=O)CCC1=O. The van der Waals surface area contributed by atoms with Crippen LogP contribution in [-0.2, 0) is 9.59 Å². The molecule has 1 saturated heterocycles. The van der Waals surface area contributed by atoms with Crippen LogP contribution >= 0.6 is 11.8 Å². The van der Waals surface area contributed by atoms with Crippen molar-refractivity contribution in [1.29, 1.82) is 0 Å². The first-order valence-electron chi connectivity index (χ1n) is 10.6. The highest BCUT2D eigenvalue weighted by molar-refractivity contribution is 7.99. The minimum Gasteiger partial charge on any atom is -0.283 e. The summed E-state index contributed by atoms with van der Waals surface area (Å²) in [5, 5.41) is 0.836. The predicted molar refractivity (Wildman–Crippen MR) is 109 cm³/mol. The standard InChI is InChI=1S/C21H39NO2S/c1-3-5-7-8-10-14-19(13-6-4-2)25-18-12-9-11-17-22-20(23)15-16-21(22)24/h19H,3-18H2,1-2H3. The second-order valence-electron chi connectivity index (χ2n) is 7.34. The maximum absolute atomic E-state index is 11.6. The Labute approximate surface area is 159 Å². The van der Waals surface area contributed by atoms with Crippen LogP contribution in [0.4, 0.5) is 0 Å². The topological polar surface area (TPSA) is 37.4 Å². The Morgan fingerprint density at radius 2 is 1.40 bits per heavy atom. The van der Waals surface area contributed by atoms with Gasteiger partial charge in [0, 0.05) is 24.6 Å². The molecule has 3 nitrogen and oxygen atoms in total. The summed E-state index contributed by atoms with van der Waals surface area (Å²) >= 11 is 2.16. The van der Waals surface area contributed by atoms with Gasteiger partial charge in [0.2, 0.25) is 11.8 Å². The molecule has 0 aliphatic carbocycles. The Kier molecular flexibility index (Phi) is 13.2. The number of likely N-dealkylation sites (tertiary alicyclic amines) is 1. The maximum atomic E-state index is 11.6. The molecule has 0 saturated carbocycles. The summed E-state index contributed by atoms with van der Waals surface area (Å²) < 4.78 is 0. The molecule has 1 unspecified atom stereocenters. The lowest BCUT2D eigenvalue weighted by Gasteiger charge is -2.17. The second kappa shape index (κ2) is 14.6. The van der Waals surface area contributed by atoms with Crippen LogP contribution in [0.3, 0.4) is 0 Å². The Morgan fingerprint density at radius 3 is 2.08 bits per heavy atom. The van der Waals surface area contributed by atoms with Crippen LogP contribution in [0, 0.1) is 0 Å². The van der Waals surface area contributed by atoms with Crippen LogP contribution < -0.4 is 0 Å². The van der Waals surface area contributed by atoms with Crippen molar-refractivity contribution in [2.24, 2.45) is 0 Å². The van der Waals surface area contributed by atoms with Crippen LogP contribution in [0.2, 0.25) is 0 Å². The molecule has 1 rings (SSSR count). The number of hydrogen-bond donors (Lipinski definition) is 0. The molecule has 1 heterocycles. The average molecular weight is 370 g/mol. The van der Waals surface area contributed by atoms with E-state index >= 15 is 0 Å². The Hall–Kier alpha value is -0.510. The van der Waals surface area contributed by atoms with Gasteiger partial charge in [-0.1, -0.05) is 65.2 Å². The lowest BCUT2D eigenvalue weighted by molar-refractivity contribution is -0.138. The highest BCUT2D eigenvalue weighted by Gasteiger charge is 2.27. The zero-order valence-electron chi connectivity index (χ0n) is 16.6. The summed E-state index contributed by atoms with van der Waals surface area (Å²) in [7, 11) is 0. The Balaban J connectivity index is 2.07. The van der Waals surface area contributed by atoms with Crippen molar-refractivity contribution in [3.05, 3.63) is 0 Å². The summed E-state index contributed by atoms with van der Waals surface area (Å²) in [5.41, 5.74) is 0. The molecule has 1 aliphatic rings. The third kappa shape index (κ3) is 10.3. The molecule has 2 amide bonds. The monoisotopic (exact) mass is 369 g/mol. The zero-order valence-corrected chi connectivity index (χ0v) is 17.4. The fourth-order valence-electron chi connectivity index (χ4n) is 3.39. The largest absolute Gasteiger partial charge is 0.283 e. The van der Waals surface area contributed by atoms with Gasteiger partial charge in [0.15, 0.2) is 0 Å². The minimum absolute atomic E-state index is 0.0297. The van der Waals surface area contributed by atoms with Crippen LogP contribution in [0.5, 0.6) is 0 Å². The summed E-state index contributed by atoms with van der Waals surface area (Å²) in [6, 6.07) is 0. The van der Waals surface area contributed by atoms with Gasteiger partial charge in [-0.3, -0.25) is 14.5 Å². The Bertz CT molecular complexity index is 357. The molecule has 25 heavy (non-hydrogen) atoms. The number of rotatable bonds is 16. The molecule has 1 aliphatic heterocycles. The highest BCUT2D eigenvalue weighted by Crippen LogP contribution is 2.25. The molecule has 0 spiro atoms. The van der Waals surface area contributed by atoms with Crippen LogP contribution in [0.25, 0.3) is 0 Å². The molecule has 0 bridgehead atoms. The molecule has 146 valence electrons. The smallest absolute Gasteiger partial charge is 0.229 e. The summed E-state index contributed by atoms with van der Waals surface area (Å²) in [5.74, 6) is 1.29. The fraction of sp³-hybridized carbons (Fsp3) is 0.905. The number of nitrogens with zero attached hydrogens (tertiary/aromatic N) is 1. The van der Waals surface area contributed by atoms with Gasteiger partial charge in [0.25, 0.3) is 0 Å². The summed E-state index contributed by atoms with van der Waals surface area (Å²) in [6.45, 7) is 5.19. The molecule has 4 heteroatoms. The van der Waals surface area contributed by atoms with Crippen molar-refractivity contribution in [2.75, 3.05) is 12.3 Å². The van der Waals surface area contributed by atoms with Gasteiger partial charge in [-0.25, -0.2) is 0 Å².